The third-order valence-electron chi connectivity index (χ3n) is 2.77. The number of Topliss-reactive ketones (excluding diaryl/α,β-unsaturated/α-hetero) is 1. The summed E-state index contributed by atoms with van der Waals surface area (Å²) in [5.74, 6) is -0.694. The lowest BCUT2D eigenvalue weighted by Crippen LogP contribution is -2.07. The number of benzene rings is 1. The molecule has 2 rings (SSSR count). The first kappa shape index (κ1) is 13.0. The second kappa shape index (κ2) is 5.44. The molecule has 0 aliphatic carbocycles. The first-order valence-corrected chi connectivity index (χ1v) is 6.33. The van der Waals surface area contributed by atoms with E-state index in [0.717, 1.165) is 5.69 Å². The van der Waals surface area contributed by atoms with Crippen molar-refractivity contribution >= 4 is 21.7 Å². The highest BCUT2D eigenvalue weighted by atomic mass is 79.9. The number of halogens is 2. The maximum atomic E-state index is 13.6. The predicted octanol–water partition coefficient (Wildman–Crippen LogP) is 3.14. The summed E-state index contributed by atoms with van der Waals surface area (Å²) in [6.07, 6.45) is 2.49. The van der Waals surface area contributed by atoms with Crippen molar-refractivity contribution in [2.75, 3.05) is 0 Å². The maximum Gasteiger partial charge on any atom is 0.167 e. The fraction of sp³-hybridized carbons (Fsp3) is 0.231. The van der Waals surface area contributed by atoms with Gasteiger partial charge >= 0.3 is 0 Å². The molecule has 3 nitrogen and oxygen atoms in total. The molecule has 0 aliphatic rings. The van der Waals surface area contributed by atoms with Crippen LogP contribution in [0.3, 0.4) is 0 Å². The zero-order valence-corrected chi connectivity index (χ0v) is 11.4. The van der Waals surface area contributed by atoms with Crippen LogP contribution < -0.4 is 0 Å². The van der Waals surface area contributed by atoms with E-state index in [1.165, 1.54) is 6.07 Å². The smallest absolute Gasteiger partial charge is 0.167 e. The topological polar surface area (TPSA) is 34.9 Å². The lowest BCUT2D eigenvalue weighted by Gasteiger charge is -2.05. The molecule has 0 saturated heterocycles. The minimum absolute atomic E-state index is 0.125. The van der Waals surface area contributed by atoms with Crippen LogP contribution in [0.2, 0.25) is 0 Å². The van der Waals surface area contributed by atoms with E-state index in [4.69, 9.17) is 0 Å². The number of hydrogen-bond donors (Lipinski definition) is 0. The summed E-state index contributed by atoms with van der Waals surface area (Å²) in [7, 11) is 1.82. The Bertz CT molecular complexity index is 560. The number of rotatable bonds is 4. The fourth-order valence-electron chi connectivity index (χ4n) is 1.78. The summed E-state index contributed by atoms with van der Waals surface area (Å²) in [5.41, 5.74) is 1.08. The van der Waals surface area contributed by atoms with Gasteiger partial charge in [-0.25, -0.2) is 4.39 Å². The van der Waals surface area contributed by atoms with Crippen LogP contribution in [0.4, 0.5) is 4.39 Å². The highest BCUT2D eigenvalue weighted by molar-refractivity contribution is 9.10. The van der Waals surface area contributed by atoms with Gasteiger partial charge in [0.25, 0.3) is 0 Å². The quantitative estimate of drug-likeness (QED) is 0.813. The van der Waals surface area contributed by atoms with E-state index in [0.29, 0.717) is 10.9 Å². The summed E-state index contributed by atoms with van der Waals surface area (Å²) in [5, 5.41) is 4.02. The molecule has 0 unspecified atom stereocenters. The molecule has 18 heavy (non-hydrogen) atoms. The summed E-state index contributed by atoms with van der Waals surface area (Å²) in [4.78, 5) is 12.0. The number of hydrogen-bond acceptors (Lipinski definition) is 2. The summed E-state index contributed by atoms with van der Waals surface area (Å²) in [6.45, 7) is 0. The average Bonchev–Trinajstić information content (AvgIpc) is 2.72. The van der Waals surface area contributed by atoms with Crippen LogP contribution in [-0.4, -0.2) is 15.6 Å². The molecule has 1 aromatic carbocycles. The Balaban J connectivity index is 2.11. The van der Waals surface area contributed by atoms with Crippen molar-refractivity contribution < 1.29 is 9.18 Å². The van der Waals surface area contributed by atoms with E-state index in [1.54, 1.807) is 23.0 Å². The van der Waals surface area contributed by atoms with Gasteiger partial charge in [-0.2, -0.15) is 5.10 Å². The van der Waals surface area contributed by atoms with Crippen LogP contribution in [0, 0.1) is 5.82 Å². The van der Waals surface area contributed by atoms with Crippen molar-refractivity contribution in [3.05, 3.63) is 52.0 Å². The Hall–Kier alpha value is -1.49. The van der Waals surface area contributed by atoms with Crippen LogP contribution in [0.5, 0.6) is 0 Å². The first-order valence-electron chi connectivity index (χ1n) is 5.53. The Labute approximate surface area is 113 Å². The number of aromatic nitrogens is 2. The van der Waals surface area contributed by atoms with Crippen molar-refractivity contribution in [2.45, 2.75) is 12.8 Å². The van der Waals surface area contributed by atoms with Crippen LogP contribution in [0.1, 0.15) is 22.5 Å². The molecule has 0 N–H and O–H groups in total. The molecule has 0 fully saturated rings. The monoisotopic (exact) mass is 310 g/mol. The van der Waals surface area contributed by atoms with E-state index in [-0.39, 0.29) is 17.8 Å². The fourth-order valence-corrected chi connectivity index (χ4v) is 2.34. The van der Waals surface area contributed by atoms with Crippen LogP contribution in [0.15, 0.2) is 34.9 Å². The molecular weight excluding hydrogens is 299 g/mol. The van der Waals surface area contributed by atoms with Gasteiger partial charge in [-0.15, -0.1) is 0 Å². The standard InChI is InChI=1S/C13H12BrFN2O/c1-17-9(7-8-16-17)5-6-12(18)13-10(14)3-2-4-11(13)15/h2-4,7-8H,5-6H2,1H3. The molecule has 1 heterocycles. The Kier molecular flexibility index (Phi) is 3.91. The SMILES string of the molecule is Cn1nccc1CCC(=O)c1c(F)cccc1Br. The van der Waals surface area contributed by atoms with Gasteiger partial charge in [-0.05, 0) is 40.5 Å². The van der Waals surface area contributed by atoms with Gasteiger partial charge in [-0.1, -0.05) is 6.07 Å². The van der Waals surface area contributed by atoms with Gasteiger partial charge in [0.05, 0.1) is 5.56 Å². The number of aryl methyl sites for hydroxylation is 2. The molecule has 1 aromatic heterocycles. The first-order chi connectivity index (χ1) is 8.59. The van der Waals surface area contributed by atoms with Crippen molar-refractivity contribution in [1.29, 1.82) is 0 Å². The lowest BCUT2D eigenvalue weighted by atomic mass is 10.1. The highest BCUT2D eigenvalue weighted by Gasteiger charge is 2.15. The zero-order chi connectivity index (χ0) is 13.1. The zero-order valence-electron chi connectivity index (χ0n) is 9.86. The summed E-state index contributed by atoms with van der Waals surface area (Å²) < 4.78 is 15.8. The molecule has 0 aliphatic heterocycles. The lowest BCUT2D eigenvalue weighted by molar-refractivity contribution is 0.0977. The van der Waals surface area contributed by atoms with Crippen molar-refractivity contribution in [3.63, 3.8) is 0 Å². The molecule has 0 atom stereocenters. The molecule has 0 radical (unpaired) electrons. The Morgan fingerprint density at radius 3 is 2.83 bits per heavy atom. The van der Waals surface area contributed by atoms with E-state index in [9.17, 15) is 9.18 Å². The molecule has 0 bridgehead atoms. The van der Waals surface area contributed by atoms with Crippen LogP contribution in [-0.2, 0) is 13.5 Å². The predicted molar refractivity (Wildman–Crippen MR) is 70.0 cm³/mol. The molecule has 2 aromatic rings. The molecular formula is C13H12BrFN2O. The number of ketones is 1. The number of nitrogens with zero attached hydrogens (tertiary/aromatic N) is 2. The van der Waals surface area contributed by atoms with Crippen molar-refractivity contribution in [1.82, 2.24) is 9.78 Å². The van der Waals surface area contributed by atoms with Crippen molar-refractivity contribution in [2.24, 2.45) is 7.05 Å². The van der Waals surface area contributed by atoms with Crippen LogP contribution >= 0.6 is 15.9 Å². The summed E-state index contributed by atoms with van der Waals surface area (Å²) >= 11 is 3.20. The van der Waals surface area contributed by atoms with Gasteiger partial charge in [0.2, 0.25) is 0 Å². The van der Waals surface area contributed by atoms with E-state index in [2.05, 4.69) is 21.0 Å². The second-order valence-corrected chi connectivity index (χ2v) is 4.82. The van der Waals surface area contributed by atoms with Crippen molar-refractivity contribution in [3.8, 4) is 0 Å². The Morgan fingerprint density at radius 2 is 2.22 bits per heavy atom. The largest absolute Gasteiger partial charge is 0.294 e. The second-order valence-electron chi connectivity index (χ2n) is 3.97. The van der Waals surface area contributed by atoms with Gasteiger partial charge < -0.3 is 0 Å². The van der Waals surface area contributed by atoms with Crippen LogP contribution in [0.25, 0.3) is 0 Å². The molecule has 0 spiro atoms. The number of carbonyl (C=O) groups excluding carboxylic acids is 1. The van der Waals surface area contributed by atoms with E-state index in [1.807, 2.05) is 13.1 Å². The molecule has 5 heteroatoms. The van der Waals surface area contributed by atoms with E-state index < -0.39 is 5.82 Å². The maximum absolute atomic E-state index is 13.6. The third-order valence-corrected chi connectivity index (χ3v) is 3.43. The van der Waals surface area contributed by atoms with Gasteiger partial charge in [0, 0.05) is 29.8 Å². The normalized spacial score (nSPS) is 10.6. The summed E-state index contributed by atoms with van der Waals surface area (Å²) in [6, 6.07) is 6.38. The highest BCUT2D eigenvalue weighted by Crippen LogP contribution is 2.21. The average molecular weight is 311 g/mol. The third kappa shape index (κ3) is 2.67. The van der Waals surface area contributed by atoms with Gasteiger partial charge in [0.15, 0.2) is 5.78 Å². The van der Waals surface area contributed by atoms with Gasteiger partial charge in [-0.3, -0.25) is 9.48 Å². The molecule has 0 saturated carbocycles. The number of carbonyl (C=O) groups is 1. The van der Waals surface area contributed by atoms with Gasteiger partial charge in [0.1, 0.15) is 5.82 Å². The van der Waals surface area contributed by atoms with E-state index >= 15 is 0 Å². The molecule has 94 valence electrons. The minimum Gasteiger partial charge on any atom is -0.294 e. The Morgan fingerprint density at radius 1 is 1.44 bits per heavy atom. The minimum atomic E-state index is -0.487. The molecule has 0 amide bonds.